The molecule has 7 heteroatoms. The van der Waals surface area contributed by atoms with Crippen LogP contribution in [0.1, 0.15) is 32.6 Å². The van der Waals surface area contributed by atoms with Gasteiger partial charge in [-0.25, -0.2) is 0 Å². The molecule has 0 aromatic heterocycles. The van der Waals surface area contributed by atoms with E-state index in [1.54, 1.807) is 21.3 Å². The Labute approximate surface area is 185 Å². The van der Waals surface area contributed by atoms with Gasteiger partial charge in [-0.3, -0.25) is 4.90 Å². The summed E-state index contributed by atoms with van der Waals surface area (Å²) in [7, 11) is 5.24. The Morgan fingerprint density at radius 2 is 1.87 bits per heavy atom. The molecule has 31 heavy (non-hydrogen) atoms. The Hall–Kier alpha value is -0.280. The number of aliphatic hydroxyl groups excluding tert-OH is 2. The van der Waals surface area contributed by atoms with Gasteiger partial charge in [-0.2, -0.15) is 0 Å². The highest BCUT2D eigenvalue weighted by Gasteiger charge is 2.86. The fourth-order valence-corrected chi connectivity index (χ4v) is 10.7. The van der Waals surface area contributed by atoms with E-state index in [4.69, 9.17) is 14.2 Å². The monoisotopic (exact) mass is 437 g/mol. The lowest BCUT2D eigenvalue weighted by molar-refractivity contribution is -0.272. The van der Waals surface area contributed by atoms with E-state index in [-0.39, 0.29) is 58.7 Å². The molecule has 7 nitrogen and oxygen atoms in total. The molecule has 6 unspecified atom stereocenters. The van der Waals surface area contributed by atoms with Crippen LogP contribution in [0.25, 0.3) is 0 Å². The first-order valence-electron chi connectivity index (χ1n) is 12.2. The van der Waals surface area contributed by atoms with Crippen LogP contribution in [0, 0.1) is 40.4 Å². The number of ether oxygens (including phenoxy) is 3. The van der Waals surface area contributed by atoms with Gasteiger partial charge in [0.2, 0.25) is 0 Å². The van der Waals surface area contributed by atoms with E-state index in [0.717, 1.165) is 32.4 Å². The van der Waals surface area contributed by atoms with E-state index >= 15 is 0 Å². The average Bonchev–Trinajstić information content (AvgIpc) is 3.16. The van der Waals surface area contributed by atoms with Crippen molar-refractivity contribution in [2.24, 2.45) is 40.4 Å². The van der Waals surface area contributed by atoms with Gasteiger partial charge in [0.05, 0.1) is 36.6 Å². The number of nitrogens with zero attached hydrogens (tertiary/aromatic N) is 1. The van der Waals surface area contributed by atoms with Gasteiger partial charge in [0.15, 0.2) is 0 Å². The Balaban J connectivity index is 1.62. The third-order valence-electron chi connectivity index (χ3n) is 11.1. The SMILES string of the molecule is CCN1C[C@]2(COC)CCC(O)[C@]34C1C(C(OC)[C@H]23)[C@@]1(O)CC(OC)[C@H]2C[C@@H]4[C@@H]1C2O. The number of rotatable bonds is 5. The summed E-state index contributed by atoms with van der Waals surface area (Å²) in [6.07, 6.45) is 1.65. The standard InChI is InChI=1S/C24H39NO6/c1-5-25-10-22(11-29-2)7-6-15(26)24-13-8-12-14(30-3)9-23(28,16(13)18(12)27)17(21(24)25)19(31-4)20(22)24/h12-21,26-28H,5-11H2,1-4H3/t12-,13-,14?,15?,16-,17?,18?,19?,20-,21?,22+,23-,24+/m1/s1. The van der Waals surface area contributed by atoms with Gasteiger partial charge >= 0.3 is 0 Å². The maximum absolute atomic E-state index is 12.5. The van der Waals surface area contributed by atoms with Crippen LogP contribution in [0.5, 0.6) is 0 Å². The molecule has 176 valence electrons. The summed E-state index contributed by atoms with van der Waals surface area (Å²) >= 11 is 0. The molecule has 1 saturated heterocycles. The van der Waals surface area contributed by atoms with Crippen molar-refractivity contribution in [1.82, 2.24) is 4.90 Å². The molecule has 1 spiro atoms. The second kappa shape index (κ2) is 6.65. The first-order chi connectivity index (χ1) is 14.9. The largest absolute Gasteiger partial charge is 0.392 e. The van der Waals surface area contributed by atoms with Crippen molar-refractivity contribution in [2.45, 2.75) is 68.7 Å². The molecule has 0 radical (unpaired) electrons. The second-order valence-electron chi connectivity index (χ2n) is 11.6. The van der Waals surface area contributed by atoms with Crippen molar-refractivity contribution in [3.63, 3.8) is 0 Å². The van der Waals surface area contributed by atoms with E-state index in [9.17, 15) is 15.3 Å². The summed E-state index contributed by atoms with van der Waals surface area (Å²) in [5, 5.41) is 35.7. The minimum atomic E-state index is -1.05. The maximum atomic E-state index is 12.5. The molecule has 6 rings (SSSR count). The van der Waals surface area contributed by atoms with E-state index in [2.05, 4.69) is 11.8 Å². The van der Waals surface area contributed by atoms with Crippen molar-refractivity contribution in [3.05, 3.63) is 0 Å². The molecule has 7 bridgehead atoms. The summed E-state index contributed by atoms with van der Waals surface area (Å²) < 4.78 is 18.0. The maximum Gasteiger partial charge on any atom is 0.0796 e. The summed E-state index contributed by atoms with van der Waals surface area (Å²) in [5.74, 6) is -0.168. The zero-order valence-corrected chi connectivity index (χ0v) is 19.2. The van der Waals surface area contributed by atoms with Crippen LogP contribution in [-0.2, 0) is 14.2 Å². The highest BCUT2D eigenvalue weighted by atomic mass is 16.5. The third kappa shape index (κ3) is 2.12. The van der Waals surface area contributed by atoms with E-state index in [1.807, 2.05) is 0 Å². The van der Waals surface area contributed by atoms with E-state index in [1.165, 1.54) is 0 Å². The second-order valence-corrected chi connectivity index (χ2v) is 11.6. The lowest BCUT2D eigenvalue weighted by atomic mass is 9.43. The van der Waals surface area contributed by atoms with Crippen LogP contribution in [0.3, 0.4) is 0 Å². The Morgan fingerprint density at radius 1 is 1.10 bits per heavy atom. The van der Waals surface area contributed by atoms with Gasteiger partial charge in [0, 0.05) is 74.8 Å². The number of methoxy groups -OCH3 is 3. The smallest absolute Gasteiger partial charge is 0.0796 e. The zero-order chi connectivity index (χ0) is 21.9. The number of likely N-dealkylation sites (tertiary alicyclic amines) is 1. The van der Waals surface area contributed by atoms with Gasteiger partial charge in [-0.15, -0.1) is 0 Å². The summed E-state index contributed by atoms with van der Waals surface area (Å²) in [5.41, 5.74) is -1.54. The Morgan fingerprint density at radius 3 is 2.52 bits per heavy atom. The summed E-state index contributed by atoms with van der Waals surface area (Å²) in [6.45, 7) is 4.63. The number of hydrogen-bond acceptors (Lipinski definition) is 7. The zero-order valence-electron chi connectivity index (χ0n) is 19.2. The van der Waals surface area contributed by atoms with Gasteiger partial charge in [-0.05, 0) is 31.7 Å². The van der Waals surface area contributed by atoms with Crippen LogP contribution in [-0.4, -0.2) is 97.3 Å². The predicted molar refractivity (Wildman–Crippen MR) is 112 cm³/mol. The van der Waals surface area contributed by atoms with Crippen molar-refractivity contribution in [2.75, 3.05) is 41.0 Å². The molecular formula is C24H39NO6. The molecule has 0 aromatic carbocycles. The molecule has 1 aliphatic heterocycles. The Kier molecular flexibility index (Phi) is 4.56. The number of fused-ring (bicyclic) bond motifs is 2. The Bertz CT molecular complexity index is 752. The normalized spacial score (nSPS) is 61.6. The fraction of sp³-hybridized carbons (Fsp3) is 1.00. The molecule has 1 heterocycles. The van der Waals surface area contributed by atoms with Crippen LogP contribution < -0.4 is 0 Å². The van der Waals surface area contributed by atoms with E-state index in [0.29, 0.717) is 13.0 Å². The molecule has 6 aliphatic rings. The van der Waals surface area contributed by atoms with Crippen molar-refractivity contribution in [3.8, 4) is 0 Å². The van der Waals surface area contributed by atoms with Crippen molar-refractivity contribution < 1.29 is 29.5 Å². The first kappa shape index (κ1) is 21.3. The molecular weight excluding hydrogens is 398 g/mol. The van der Waals surface area contributed by atoms with Gasteiger partial charge in [0.25, 0.3) is 0 Å². The summed E-state index contributed by atoms with van der Waals surface area (Å²) in [4.78, 5) is 2.52. The van der Waals surface area contributed by atoms with Crippen LogP contribution in [0.4, 0.5) is 0 Å². The molecule has 13 atom stereocenters. The molecule has 0 amide bonds. The minimum absolute atomic E-state index is 0.0248. The highest BCUT2D eigenvalue weighted by molar-refractivity contribution is 5.35. The average molecular weight is 438 g/mol. The molecule has 5 aliphatic carbocycles. The van der Waals surface area contributed by atoms with Crippen LogP contribution in [0.2, 0.25) is 0 Å². The molecule has 5 saturated carbocycles. The lowest BCUT2D eigenvalue weighted by Crippen LogP contribution is -2.76. The van der Waals surface area contributed by atoms with Gasteiger partial charge < -0.3 is 29.5 Å². The van der Waals surface area contributed by atoms with Crippen molar-refractivity contribution >= 4 is 0 Å². The van der Waals surface area contributed by atoms with Gasteiger partial charge in [-0.1, -0.05) is 6.92 Å². The number of piperidine rings is 1. The molecule has 0 aromatic rings. The van der Waals surface area contributed by atoms with Crippen molar-refractivity contribution in [1.29, 1.82) is 0 Å². The van der Waals surface area contributed by atoms with Gasteiger partial charge in [0.1, 0.15) is 0 Å². The first-order valence-corrected chi connectivity index (χ1v) is 12.2. The minimum Gasteiger partial charge on any atom is -0.392 e. The topological polar surface area (TPSA) is 91.6 Å². The highest BCUT2D eigenvalue weighted by Crippen LogP contribution is 2.79. The number of hydrogen-bond donors (Lipinski definition) is 3. The molecule has 6 fully saturated rings. The van der Waals surface area contributed by atoms with Crippen LogP contribution in [0.15, 0.2) is 0 Å². The fourth-order valence-electron chi connectivity index (χ4n) is 10.7. The predicted octanol–water partition coefficient (Wildman–Crippen LogP) is 0.502. The lowest BCUT2D eigenvalue weighted by Gasteiger charge is -2.68. The summed E-state index contributed by atoms with van der Waals surface area (Å²) in [6, 6.07) is 0.0561. The molecule has 3 N–H and O–H groups in total. The third-order valence-corrected chi connectivity index (χ3v) is 11.1. The van der Waals surface area contributed by atoms with E-state index < -0.39 is 17.8 Å². The quantitative estimate of drug-likeness (QED) is 0.577. The van der Waals surface area contributed by atoms with Crippen LogP contribution >= 0.6 is 0 Å². The number of aliphatic hydroxyl groups is 3.